The predicted octanol–water partition coefficient (Wildman–Crippen LogP) is 3.74. The highest BCUT2D eigenvalue weighted by Crippen LogP contribution is 2.15. The molecule has 0 bridgehead atoms. The van der Waals surface area contributed by atoms with Gasteiger partial charge >= 0.3 is 0 Å². The van der Waals surface area contributed by atoms with Crippen molar-refractivity contribution in [3.63, 3.8) is 0 Å². The molecule has 1 N–H and O–H groups in total. The number of fused-ring (bicyclic) bond motifs is 1. The van der Waals surface area contributed by atoms with Crippen LogP contribution in [0.3, 0.4) is 0 Å². The average molecular weight is 306 g/mol. The van der Waals surface area contributed by atoms with Crippen molar-refractivity contribution in [3.05, 3.63) is 48.0 Å². The van der Waals surface area contributed by atoms with E-state index in [0.717, 1.165) is 22.5 Å². The number of alkyl halides is 1. The van der Waals surface area contributed by atoms with Gasteiger partial charge in [0.1, 0.15) is 0 Å². The molecule has 0 heterocycles. The zero-order chi connectivity index (χ0) is 13.0. The summed E-state index contributed by atoms with van der Waals surface area (Å²) in [5.41, 5.74) is 0.716. The molecule has 0 spiro atoms. The molecule has 0 saturated carbocycles. The number of nitrogens with one attached hydrogen (secondary N) is 1. The molecule has 94 valence electrons. The fourth-order valence-electron chi connectivity index (χ4n) is 1.85. The normalized spacial score (nSPS) is 12.3. The summed E-state index contributed by atoms with van der Waals surface area (Å²) < 4.78 is 0. The number of hydrogen-bond donors (Lipinski definition) is 1. The second kappa shape index (κ2) is 6.01. The van der Waals surface area contributed by atoms with Crippen LogP contribution in [0.1, 0.15) is 23.7 Å². The Labute approximate surface area is 116 Å². The van der Waals surface area contributed by atoms with E-state index in [1.165, 1.54) is 0 Å². The molecule has 0 aliphatic rings. The molecule has 0 aliphatic heterocycles. The lowest BCUT2D eigenvalue weighted by molar-refractivity contribution is 0.0940. The first-order valence-corrected chi connectivity index (χ1v) is 7.22. The van der Waals surface area contributed by atoms with E-state index >= 15 is 0 Å². The Bertz CT molecular complexity index is 549. The molecule has 3 heteroatoms. The Balaban J connectivity index is 2.22. The topological polar surface area (TPSA) is 29.1 Å². The minimum Gasteiger partial charge on any atom is -0.348 e. The number of halogens is 1. The summed E-state index contributed by atoms with van der Waals surface area (Å²) in [6.07, 6.45) is 0.921. The van der Waals surface area contributed by atoms with Gasteiger partial charge in [0.15, 0.2) is 0 Å². The summed E-state index contributed by atoms with van der Waals surface area (Å²) in [7, 11) is 0. The number of hydrogen-bond acceptors (Lipinski definition) is 1. The Morgan fingerprint density at radius 2 is 1.94 bits per heavy atom. The van der Waals surface area contributed by atoms with E-state index in [4.69, 9.17) is 0 Å². The third-order valence-corrected chi connectivity index (χ3v) is 3.81. The number of rotatable bonds is 4. The molecular weight excluding hydrogens is 290 g/mol. The van der Waals surface area contributed by atoms with Crippen molar-refractivity contribution in [2.24, 2.45) is 0 Å². The summed E-state index contributed by atoms with van der Waals surface area (Å²) in [6, 6.07) is 14.0. The maximum absolute atomic E-state index is 12.1. The van der Waals surface area contributed by atoms with Crippen molar-refractivity contribution in [2.45, 2.75) is 19.4 Å². The third kappa shape index (κ3) is 2.91. The average Bonchev–Trinajstić information content (AvgIpc) is 2.44. The van der Waals surface area contributed by atoms with Gasteiger partial charge in [-0.15, -0.1) is 0 Å². The summed E-state index contributed by atoms with van der Waals surface area (Å²) in [5, 5.41) is 6.04. The minimum absolute atomic E-state index is 0.00736. The first-order chi connectivity index (χ1) is 8.74. The van der Waals surface area contributed by atoms with Gasteiger partial charge in [-0.05, 0) is 29.3 Å². The molecule has 1 amide bonds. The van der Waals surface area contributed by atoms with Gasteiger partial charge in [-0.25, -0.2) is 0 Å². The van der Waals surface area contributed by atoms with Gasteiger partial charge in [-0.3, -0.25) is 4.79 Å². The maximum Gasteiger partial charge on any atom is 0.251 e. The van der Waals surface area contributed by atoms with Gasteiger partial charge in [0.05, 0.1) is 0 Å². The number of benzene rings is 2. The SMILES string of the molecule is CCC(CBr)NC(=O)c1ccc2ccccc2c1. The minimum atomic E-state index is -0.00736. The van der Waals surface area contributed by atoms with E-state index < -0.39 is 0 Å². The number of carbonyl (C=O) groups is 1. The lowest BCUT2D eigenvalue weighted by atomic mass is 10.1. The van der Waals surface area contributed by atoms with E-state index in [0.29, 0.717) is 5.56 Å². The van der Waals surface area contributed by atoms with E-state index in [2.05, 4.69) is 28.2 Å². The van der Waals surface area contributed by atoms with Gasteiger partial charge in [0, 0.05) is 16.9 Å². The molecule has 0 radical (unpaired) electrons. The van der Waals surface area contributed by atoms with Crippen LogP contribution >= 0.6 is 15.9 Å². The fourth-order valence-corrected chi connectivity index (χ4v) is 2.47. The molecular formula is C15H16BrNO. The molecule has 18 heavy (non-hydrogen) atoms. The number of carbonyl (C=O) groups excluding carboxylic acids is 1. The molecule has 0 saturated heterocycles. The van der Waals surface area contributed by atoms with Crippen molar-refractivity contribution in [1.82, 2.24) is 5.32 Å². The molecule has 0 aromatic heterocycles. The maximum atomic E-state index is 12.1. The van der Waals surface area contributed by atoms with Gasteiger partial charge in [-0.2, -0.15) is 0 Å². The smallest absolute Gasteiger partial charge is 0.251 e. The molecule has 1 unspecified atom stereocenters. The van der Waals surface area contributed by atoms with Gasteiger partial charge in [0.25, 0.3) is 5.91 Å². The van der Waals surface area contributed by atoms with Crippen LogP contribution in [0.5, 0.6) is 0 Å². The van der Waals surface area contributed by atoms with Crippen molar-refractivity contribution >= 4 is 32.6 Å². The van der Waals surface area contributed by atoms with Crippen molar-refractivity contribution in [1.29, 1.82) is 0 Å². The lowest BCUT2D eigenvalue weighted by Gasteiger charge is -2.14. The first-order valence-electron chi connectivity index (χ1n) is 6.10. The predicted molar refractivity (Wildman–Crippen MR) is 79.3 cm³/mol. The van der Waals surface area contributed by atoms with E-state index in [1.54, 1.807) is 0 Å². The zero-order valence-electron chi connectivity index (χ0n) is 10.3. The van der Waals surface area contributed by atoms with E-state index in [1.807, 2.05) is 42.5 Å². The molecule has 0 fully saturated rings. The zero-order valence-corrected chi connectivity index (χ0v) is 11.9. The fraction of sp³-hybridized carbons (Fsp3) is 0.267. The van der Waals surface area contributed by atoms with Crippen molar-refractivity contribution < 1.29 is 4.79 Å². The summed E-state index contributed by atoms with van der Waals surface area (Å²) in [4.78, 5) is 12.1. The van der Waals surface area contributed by atoms with Crippen LogP contribution in [0, 0.1) is 0 Å². The highest BCUT2D eigenvalue weighted by molar-refractivity contribution is 9.09. The quantitative estimate of drug-likeness (QED) is 0.857. The molecule has 2 aromatic rings. The van der Waals surface area contributed by atoms with Crippen LogP contribution in [-0.2, 0) is 0 Å². The summed E-state index contributed by atoms with van der Waals surface area (Å²) >= 11 is 3.40. The Hall–Kier alpha value is -1.35. The van der Waals surface area contributed by atoms with Crippen LogP contribution in [0.2, 0.25) is 0 Å². The molecule has 2 rings (SSSR count). The van der Waals surface area contributed by atoms with Crippen molar-refractivity contribution in [2.75, 3.05) is 5.33 Å². The Kier molecular flexibility index (Phi) is 4.37. The van der Waals surface area contributed by atoms with Crippen LogP contribution in [0.15, 0.2) is 42.5 Å². The first kappa shape index (κ1) is 13.1. The second-order valence-electron chi connectivity index (χ2n) is 4.29. The molecule has 2 aromatic carbocycles. The second-order valence-corrected chi connectivity index (χ2v) is 4.94. The number of amides is 1. The summed E-state index contributed by atoms with van der Waals surface area (Å²) in [6.45, 7) is 2.06. The molecule has 2 nitrogen and oxygen atoms in total. The Morgan fingerprint density at radius 3 is 2.61 bits per heavy atom. The standard InChI is InChI=1S/C15H16BrNO/c1-2-14(10-16)17-15(18)13-8-7-11-5-3-4-6-12(11)9-13/h3-9,14H,2,10H2,1H3,(H,17,18). The van der Waals surface area contributed by atoms with Crippen LogP contribution in [0.4, 0.5) is 0 Å². The largest absolute Gasteiger partial charge is 0.348 e. The third-order valence-electron chi connectivity index (χ3n) is 3.03. The monoisotopic (exact) mass is 305 g/mol. The molecule has 0 aliphatic carbocycles. The van der Waals surface area contributed by atoms with Crippen LogP contribution < -0.4 is 5.32 Å². The van der Waals surface area contributed by atoms with Crippen LogP contribution in [0.25, 0.3) is 10.8 Å². The van der Waals surface area contributed by atoms with Crippen molar-refractivity contribution in [3.8, 4) is 0 Å². The van der Waals surface area contributed by atoms with E-state index in [9.17, 15) is 4.79 Å². The van der Waals surface area contributed by atoms with E-state index in [-0.39, 0.29) is 11.9 Å². The highest BCUT2D eigenvalue weighted by Gasteiger charge is 2.11. The van der Waals surface area contributed by atoms with Gasteiger partial charge < -0.3 is 5.32 Å². The summed E-state index contributed by atoms with van der Waals surface area (Å²) in [5.74, 6) is -0.00736. The Morgan fingerprint density at radius 1 is 1.22 bits per heavy atom. The molecule has 1 atom stereocenters. The lowest BCUT2D eigenvalue weighted by Crippen LogP contribution is -2.35. The highest BCUT2D eigenvalue weighted by atomic mass is 79.9. The van der Waals surface area contributed by atoms with Crippen LogP contribution in [-0.4, -0.2) is 17.3 Å². The van der Waals surface area contributed by atoms with Gasteiger partial charge in [-0.1, -0.05) is 53.2 Å². The van der Waals surface area contributed by atoms with Gasteiger partial charge in [0.2, 0.25) is 0 Å².